The summed E-state index contributed by atoms with van der Waals surface area (Å²) in [4.78, 5) is 11.9. The number of carbonyl (C=O) groups excluding carboxylic acids is 1. The molecule has 0 aliphatic heterocycles. The van der Waals surface area contributed by atoms with Crippen LogP contribution in [0.25, 0.3) is 0 Å². The van der Waals surface area contributed by atoms with E-state index >= 15 is 0 Å². The largest absolute Gasteiger partial charge is 0.458 e. The highest BCUT2D eigenvalue weighted by Gasteiger charge is 2.05. The molecule has 0 aliphatic carbocycles. The van der Waals surface area contributed by atoms with Crippen molar-refractivity contribution in [2.24, 2.45) is 0 Å². The fourth-order valence-electron chi connectivity index (χ4n) is 2.62. The van der Waals surface area contributed by atoms with Crippen LogP contribution in [0.1, 0.15) is 87.6 Å². The third kappa shape index (κ3) is 9.54. The van der Waals surface area contributed by atoms with Gasteiger partial charge in [0, 0.05) is 0 Å². The first-order chi connectivity index (χ1) is 11.8. The Morgan fingerprint density at radius 1 is 0.875 bits per heavy atom. The fraction of sp³-hybridized carbons (Fsp3) is 0.591. The van der Waals surface area contributed by atoms with Crippen LogP contribution in [0, 0.1) is 0 Å². The summed E-state index contributed by atoms with van der Waals surface area (Å²) in [5.41, 5.74) is 1.92. The molecule has 0 fully saturated rings. The van der Waals surface area contributed by atoms with Gasteiger partial charge in [0.2, 0.25) is 0 Å². The van der Waals surface area contributed by atoms with Gasteiger partial charge in [-0.3, -0.25) is 0 Å². The summed E-state index contributed by atoms with van der Waals surface area (Å²) in [6.45, 7) is 4.79. The van der Waals surface area contributed by atoms with E-state index in [1.54, 1.807) is 0 Å². The van der Waals surface area contributed by atoms with E-state index < -0.39 is 0 Å². The van der Waals surface area contributed by atoms with Crippen LogP contribution in [0.4, 0.5) is 0 Å². The lowest BCUT2D eigenvalue weighted by Gasteiger charge is -2.04. The molecular formula is C22H34O2. The van der Waals surface area contributed by atoms with Crippen LogP contribution in [-0.4, -0.2) is 12.6 Å². The second-order valence-corrected chi connectivity index (χ2v) is 6.43. The zero-order valence-corrected chi connectivity index (χ0v) is 15.6. The number of hydrogen-bond acceptors (Lipinski definition) is 2. The number of aryl methyl sites for hydroxylation is 1. The highest BCUT2D eigenvalue weighted by Crippen LogP contribution is 2.09. The van der Waals surface area contributed by atoms with Gasteiger partial charge in [0.25, 0.3) is 0 Å². The Morgan fingerprint density at radius 3 is 2.25 bits per heavy atom. The summed E-state index contributed by atoms with van der Waals surface area (Å²) in [6, 6.07) is 7.79. The first kappa shape index (κ1) is 20.5. The molecule has 134 valence electrons. The lowest BCUT2D eigenvalue weighted by atomic mass is 10.1. The van der Waals surface area contributed by atoms with Crippen molar-refractivity contribution in [1.29, 1.82) is 0 Å². The average molecular weight is 331 g/mol. The summed E-state index contributed by atoms with van der Waals surface area (Å²) >= 11 is 0. The van der Waals surface area contributed by atoms with E-state index in [1.165, 1.54) is 56.9 Å². The van der Waals surface area contributed by atoms with Crippen molar-refractivity contribution in [3.05, 3.63) is 47.5 Å². The number of benzene rings is 1. The van der Waals surface area contributed by atoms with E-state index in [2.05, 4.69) is 19.9 Å². The van der Waals surface area contributed by atoms with Gasteiger partial charge in [-0.25, -0.2) is 4.79 Å². The molecular weight excluding hydrogens is 296 g/mol. The Hall–Kier alpha value is -1.57. The van der Waals surface area contributed by atoms with Crippen LogP contribution in [-0.2, 0) is 11.2 Å². The number of unbranched alkanes of at least 4 members (excludes halogenated alkanes) is 7. The number of esters is 1. The van der Waals surface area contributed by atoms with Crippen LogP contribution < -0.4 is 0 Å². The molecule has 0 saturated carbocycles. The van der Waals surface area contributed by atoms with E-state index in [4.69, 9.17) is 4.74 Å². The van der Waals surface area contributed by atoms with Crippen LogP contribution in [0.3, 0.4) is 0 Å². The summed E-state index contributed by atoms with van der Waals surface area (Å²) in [7, 11) is 0. The highest BCUT2D eigenvalue weighted by molar-refractivity contribution is 5.89. The molecule has 1 aromatic carbocycles. The summed E-state index contributed by atoms with van der Waals surface area (Å²) in [5.74, 6) is -0.235. The van der Waals surface area contributed by atoms with Crippen molar-refractivity contribution < 1.29 is 9.53 Å². The van der Waals surface area contributed by atoms with Gasteiger partial charge >= 0.3 is 5.97 Å². The van der Waals surface area contributed by atoms with Gasteiger partial charge in [0.1, 0.15) is 6.61 Å². The van der Waals surface area contributed by atoms with Gasteiger partial charge in [-0.15, -0.1) is 0 Å². The molecule has 0 saturated heterocycles. The van der Waals surface area contributed by atoms with E-state index in [0.717, 1.165) is 12.8 Å². The highest BCUT2D eigenvalue weighted by atomic mass is 16.5. The number of hydrogen-bond donors (Lipinski definition) is 0. The molecule has 0 bridgehead atoms. The predicted octanol–water partition coefficient (Wildman–Crippen LogP) is 6.49. The molecule has 0 heterocycles. The molecule has 0 atom stereocenters. The Balaban J connectivity index is 2.13. The van der Waals surface area contributed by atoms with E-state index in [-0.39, 0.29) is 5.97 Å². The number of ether oxygens (including phenoxy) is 1. The van der Waals surface area contributed by atoms with Gasteiger partial charge in [-0.05, 0) is 43.4 Å². The molecule has 2 nitrogen and oxygen atoms in total. The Labute approximate surface area is 148 Å². The van der Waals surface area contributed by atoms with Crippen LogP contribution in [0.15, 0.2) is 36.4 Å². The third-order valence-corrected chi connectivity index (χ3v) is 4.21. The normalized spacial score (nSPS) is 11.1. The SMILES string of the molecule is CCCCCCCC/C=C/COC(=O)c1ccc(CCCC)cc1. The first-order valence-electron chi connectivity index (χ1n) is 9.69. The maximum Gasteiger partial charge on any atom is 0.338 e. The Bertz CT molecular complexity index is 459. The molecule has 1 aromatic rings. The minimum absolute atomic E-state index is 0.235. The maximum absolute atomic E-state index is 11.9. The van der Waals surface area contributed by atoms with Crippen molar-refractivity contribution in [3.63, 3.8) is 0 Å². The summed E-state index contributed by atoms with van der Waals surface area (Å²) in [6.07, 6.45) is 16.5. The molecule has 0 amide bonds. The topological polar surface area (TPSA) is 26.3 Å². The molecule has 0 aromatic heterocycles. The van der Waals surface area contributed by atoms with E-state index in [0.29, 0.717) is 12.2 Å². The number of rotatable bonds is 13. The summed E-state index contributed by atoms with van der Waals surface area (Å²) < 4.78 is 5.28. The summed E-state index contributed by atoms with van der Waals surface area (Å²) in [5, 5.41) is 0. The van der Waals surface area contributed by atoms with Crippen molar-refractivity contribution in [3.8, 4) is 0 Å². The standard InChI is InChI=1S/C22H34O2/c1-3-5-7-8-9-10-11-12-13-19-24-22(23)21-17-15-20(16-18-21)14-6-4-2/h12-13,15-18H,3-11,14,19H2,1-2H3/b13-12+. The van der Waals surface area contributed by atoms with Crippen LogP contribution in [0.5, 0.6) is 0 Å². The van der Waals surface area contributed by atoms with Gasteiger partial charge in [-0.1, -0.05) is 76.7 Å². The second-order valence-electron chi connectivity index (χ2n) is 6.43. The quantitative estimate of drug-likeness (QED) is 0.235. The third-order valence-electron chi connectivity index (χ3n) is 4.21. The Morgan fingerprint density at radius 2 is 1.54 bits per heavy atom. The molecule has 0 aliphatic rings. The monoisotopic (exact) mass is 330 g/mol. The van der Waals surface area contributed by atoms with Crippen molar-refractivity contribution >= 4 is 5.97 Å². The molecule has 0 spiro atoms. The maximum atomic E-state index is 11.9. The Kier molecular flexibility index (Phi) is 11.8. The van der Waals surface area contributed by atoms with E-state index in [9.17, 15) is 4.79 Å². The lowest BCUT2D eigenvalue weighted by molar-refractivity contribution is 0.0549. The fourth-order valence-corrected chi connectivity index (χ4v) is 2.62. The van der Waals surface area contributed by atoms with Crippen molar-refractivity contribution in [2.75, 3.05) is 6.61 Å². The average Bonchev–Trinajstić information content (AvgIpc) is 2.61. The minimum Gasteiger partial charge on any atom is -0.458 e. The molecule has 24 heavy (non-hydrogen) atoms. The molecule has 1 rings (SSSR count). The minimum atomic E-state index is -0.235. The van der Waals surface area contributed by atoms with Crippen LogP contribution in [0.2, 0.25) is 0 Å². The molecule has 0 unspecified atom stereocenters. The van der Waals surface area contributed by atoms with Gasteiger partial charge < -0.3 is 4.74 Å². The lowest BCUT2D eigenvalue weighted by Crippen LogP contribution is -2.05. The predicted molar refractivity (Wildman–Crippen MR) is 102 cm³/mol. The molecule has 2 heteroatoms. The second kappa shape index (κ2) is 13.8. The zero-order chi connectivity index (χ0) is 17.5. The molecule has 0 N–H and O–H groups in total. The smallest absolute Gasteiger partial charge is 0.338 e. The van der Waals surface area contributed by atoms with Crippen LogP contribution >= 0.6 is 0 Å². The van der Waals surface area contributed by atoms with E-state index in [1.807, 2.05) is 30.3 Å². The van der Waals surface area contributed by atoms with Gasteiger partial charge in [-0.2, -0.15) is 0 Å². The first-order valence-corrected chi connectivity index (χ1v) is 9.69. The number of carbonyl (C=O) groups is 1. The zero-order valence-electron chi connectivity index (χ0n) is 15.6. The van der Waals surface area contributed by atoms with Gasteiger partial charge in [0.05, 0.1) is 5.56 Å². The van der Waals surface area contributed by atoms with Crippen molar-refractivity contribution in [2.45, 2.75) is 78.1 Å². The van der Waals surface area contributed by atoms with Gasteiger partial charge in [0.15, 0.2) is 0 Å². The number of allylic oxidation sites excluding steroid dienone is 1. The molecule has 0 radical (unpaired) electrons. The van der Waals surface area contributed by atoms with Crippen molar-refractivity contribution in [1.82, 2.24) is 0 Å².